The third-order valence-corrected chi connectivity index (χ3v) is 10.4. The number of aromatic nitrogens is 2. The smallest absolute Gasteiger partial charge is 0.305 e. The number of oxazole rings is 1. The molecule has 49 heavy (non-hydrogen) atoms. The molecule has 13 heteroatoms. The Bertz CT molecular complexity index is 1970. The van der Waals surface area contributed by atoms with E-state index in [2.05, 4.69) is 20.2 Å². The molecule has 2 aliphatic rings. The number of hydrogen-bond acceptors (Lipinski definition) is 10. The molecule has 0 bridgehead atoms. The zero-order valence-corrected chi connectivity index (χ0v) is 27.7. The van der Waals surface area contributed by atoms with E-state index in [9.17, 15) is 24.2 Å². The molecule has 2 aromatic heterocycles. The van der Waals surface area contributed by atoms with E-state index in [-0.39, 0.29) is 28.9 Å². The minimum atomic E-state index is -0.879. The van der Waals surface area contributed by atoms with E-state index in [1.807, 2.05) is 35.2 Å². The molecule has 2 aliphatic heterocycles. The lowest BCUT2D eigenvalue weighted by Gasteiger charge is -2.47. The van der Waals surface area contributed by atoms with Gasteiger partial charge < -0.3 is 34.6 Å². The van der Waals surface area contributed by atoms with Crippen LogP contribution in [0.2, 0.25) is 0 Å². The van der Waals surface area contributed by atoms with E-state index >= 15 is 0 Å². The first-order valence-electron chi connectivity index (χ1n) is 16.4. The Morgan fingerprint density at radius 2 is 1.90 bits per heavy atom. The molecule has 4 heterocycles. The summed E-state index contributed by atoms with van der Waals surface area (Å²) in [5.74, 6) is 0.324. The molecule has 2 saturated heterocycles. The second-order valence-electron chi connectivity index (χ2n) is 12.8. The monoisotopic (exact) mass is 687 g/mol. The Kier molecular flexibility index (Phi) is 9.61. The van der Waals surface area contributed by atoms with Crippen LogP contribution in [0, 0.1) is 5.82 Å². The maximum Gasteiger partial charge on any atom is 0.305 e. The van der Waals surface area contributed by atoms with Crippen molar-refractivity contribution < 1.29 is 28.6 Å². The number of nitrogens with one attached hydrogen (secondary N) is 2. The topological polar surface area (TPSA) is 144 Å². The molecule has 11 nitrogen and oxygen atoms in total. The van der Waals surface area contributed by atoms with Crippen molar-refractivity contribution in [2.24, 2.45) is 0 Å². The number of H-pyrrole nitrogens is 1. The SMILES string of the molecule is O=C(c1ccc(-c2cnco2)cc1)N1CCOC2(CCN(Cc3cc(F)cc(CCNCC(O)c4ccc(O)c5[nH]c(=O)sc45)c3)CC2)C1. The number of fused-ring (bicyclic) bond motifs is 1. The van der Waals surface area contributed by atoms with Gasteiger partial charge in [-0.15, -0.1) is 0 Å². The third kappa shape index (κ3) is 7.46. The first kappa shape index (κ1) is 33.1. The van der Waals surface area contributed by atoms with Gasteiger partial charge in [-0.25, -0.2) is 9.37 Å². The van der Waals surface area contributed by atoms with Crippen LogP contribution < -0.4 is 10.2 Å². The number of morpholine rings is 1. The molecule has 3 aromatic carbocycles. The third-order valence-electron chi connectivity index (χ3n) is 9.45. The summed E-state index contributed by atoms with van der Waals surface area (Å²) in [6.07, 6.45) is 4.28. The molecular weight excluding hydrogens is 649 g/mol. The lowest BCUT2D eigenvalue weighted by Crippen LogP contribution is -2.57. The molecule has 2 fully saturated rings. The van der Waals surface area contributed by atoms with E-state index in [1.165, 1.54) is 18.5 Å². The maximum atomic E-state index is 14.7. The molecule has 1 atom stereocenters. The van der Waals surface area contributed by atoms with Crippen LogP contribution in [0.5, 0.6) is 5.75 Å². The molecule has 1 amide bonds. The van der Waals surface area contributed by atoms with Gasteiger partial charge in [0.2, 0.25) is 0 Å². The molecule has 0 radical (unpaired) electrons. The van der Waals surface area contributed by atoms with Gasteiger partial charge in [0.05, 0.1) is 35.8 Å². The van der Waals surface area contributed by atoms with Gasteiger partial charge in [-0.1, -0.05) is 35.6 Å². The van der Waals surface area contributed by atoms with E-state index in [1.54, 1.807) is 18.3 Å². The molecule has 1 spiro atoms. The highest BCUT2D eigenvalue weighted by molar-refractivity contribution is 7.16. The number of phenolic OH excluding ortho intramolecular Hbond substituents is 1. The van der Waals surface area contributed by atoms with Crippen molar-refractivity contribution >= 4 is 27.5 Å². The predicted octanol–water partition coefficient (Wildman–Crippen LogP) is 4.46. The quantitative estimate of drug-likeness (QED) is 0.157. The van der Waals surface area contributed by atoms with Crippen molar-refractivity contribution in [1.82, 2.24) is 25.1 Å². The predicted molar refractivity (Wildman–Crippen MR) is 183 cm³/mol. The number of carbonyl (C=O) groups excluding carboxylic acids is 1. The number of aliphatic hydroxyl groups is 1. The molecule has 0 saturated carbocycles. The Labute approximate surface area is 286 Å². The fourth-order valence-corrected chi connectivity index (χ4v) is 7.77. The first-order valence-corrected chi connectivity index (χ1v) is 17.2. The van der Waals surface area contributed by atoms with Gasteiger partial charge in [0.1, 0.15) is 17.1 Å². The van der Waals surface area contributed by atoms with Crippen LogP contribution in [-0.4, -0.2) is 87.4 Å². The van der Waals surface area contributed by atoms with Gasteiger partial charge in [-0.2, -0.15) is 0 Å². The van der Waals surface area contributed by atoms with Crippen molar-refractivity contribution in [3.8, 4) is 17.1 Å². The normalized spacial score (nSPS) is 17.1. The fraction of sp³-hybridized carbons (Fsp3) is 0.361. The largest absolute Gasteiger partial charge is 0.506 e. The first-order chi connectivity index (χ1) is 23.7. The maximum absolute atomic E-state index is 14.7. The number of likely N-dealkylation sites (tertiary alicyclic amines) is 1. The lowest BCUT2D eigenvalue weighted by atomic mass is 9.88. The lowest BCUT2D eigenvalue weighted by molar-refractivity contribution is -0.127. The zero-order valence-electron chi connectivity index (χ0n) is 26.9. The average Bonchev–Trinajstić information content (AvgIpc) is 3.78. The number of rotatable bonds is 10. The van der Waals surface area contributed by atoms with Gasteiger partial charge in [-0.3, -0.25) is 14.5 Å². The van der Waals surface area contributed by atoms with Gasteiger partial charge in [0.25, 0.3) is 5.91 Å². The highest BCUT2D eigenvalue weighted by Crippen LogP contribution is 2.33. The van der Waals surface area contributed by atoms with Gasteiger partial charge in [0, 0.05) is 49.4 Å². The van der Waals surface area contributed by atoms with Crippen LogP contribution in [0.3, 0.4) is 0 Å². The molecular formula is C36H38FN5O6S. The minimum absolute atomic E-state index is 0.0119. The number of aromatic hydroxyl groups is 1. The molecule has 5 aromatic rings. The van der Waals surface area contributed by atoms with Crippen molar-refractivity contribution in [3.05, 3.63) is 105 Å². The summed E-state index contributed by atoms with van der Waals surface area (Å²) < 4.78 is 26.9. The van der Waals surface area contributed by atoms with Crippen LogP contribution in [0.25, 0.3) is 21.5 Å². The van der Waals surface area contributed by atoms with Crippen molar-refractivity contribution in [3.63, 3.8) is 0 Å². The highest BCUT2D eigenvalue weighted by atomic mass is 32.1. The van der Waals surface area contributed by atoms with Gasteiger partial charge in [-0.05, 0) is 67.3 Å². The molecule has 256 valence electrons. The number of hydrogen-bond donors (Lipinski definition) is 4. The number of amides is 1. The second-order valence-corrected chi connectivity index (χ2v) is 13.8. The Morgan fingerprint density at radius 1 is 1.10 bits per heavy atom. The number of piperidine rings is 1. The van der Waals surface area contributed by atoms with Crippen LogP contribution in [-0.2, 0) is 17.7 Å². The fourth-order valence-electron chi connectivity index (χ4n) is 6.85. The number of nitrogens with zero attached hydrogens (tertiary/aromatic N) is 3. The highest BCUT2D eigenvalue weighted by Gasteiger charge is 2.41. The van der Waals surface area contributed by atoms with Crippen LogP contribution >= 0.6 is 11.3 Å². The summed E-state index contributed by atoms with van der Waals surface area (Å²) in [7, 11) is 0. The molecule has 0 aliphatic carbocycles. The summed E-state index contributed by atoms with van der Waals surface area (Å²) in [5, 5.41) is 24.0. The summed E-state index contributed by atoms with van der Waals surface area (Å²) in [6, 6.07) is 15.6. The number of phenols is 1. The van der Waals surface area contributed by atoms with E-state index in [0.717, 1.165) is 54.0 Å². The summed E-state index contributed by atoms with van der Waals surface area (Å²) >= 11 is 0.950. The second kappa shape index (κ2) is 14.2. The number of ether oxygens (including phenoxy) is 1. The van der Waals surface area contributed by atoms with Gasteiger partial charge in [0.15, 0.2) is 12.2 Å². The van der Waals surface area contributed by atoms with E-state index in [0.29, 0.717) is 66.3 Å². The number of halogens is 1. The Balaban J connectivity index is 0.894. The van der Waals surface area contributed by atoms with Crippen molar-refractivity contribution in [1.29, 1.82) is 0 Å². The number of aromatic amines is 1. The standard InChI is InChI=1S/C36H38FN5O6S/c37-27-16-23(7-10-38-18-30(44)28-5-6-29(43)32-33(28)49-35(46)40-32)15-24(17-27)20-41-11-8-36(9-12-41)21-42(13-14-48-36)34(45)26-3-1-25(2-4-26)31-19-39-22-47-31/h1-6,15-17,19,22,30,38,43-44H,7-14,18,20-21H2,(H,40,46). The average molecular weight is 688 g/mol. The summed E-state index contributed by atoms with van der Waals surface area (Å²) in [6.45, 7) is 4.51. The Morgan fingerprint density at radius 3 is 2.67 bits per heavy atom. The Hall–Kier alpha value is -4.40. The zero-order chi connectivity index (χ0) is 34.0. The number of aliphatic hydroxyl groups excluding tert-OH is 1. The van der Waals surface area contributed by atoms with E-state index in [4.69, 9.17) is 9.15 Å². The molecule has 7 rings (SSSR count). The summed E-state index contributed by atoms with van der Waals surface area (Å²) in [4.78, 5) is 35.6. The van der Waals surface area contributed by atoms with Gasteiger partial charge >= 0.3 is 4.87 Å². The van der Waals surface area contributed by atoms with Crippen LogP contribution in [0.4, 0.5) is 4.39 Å². The van der Waals surface area contributed by atoms with Crippen LogP contribution in [0.1, 0.15) is 46.0 Å². The minimum Gasteiger partial charge on any atom is -0.506 e. The number of carbonyl (C=O) groups is 1. The summed E-state index contributed by atoms with van der Waals surface area (Å²) in [5.41, 5.74) is 3.75. The molecule has 4 N–H and O–H groups in total. The van der Waals surface area contributed by atoms with Crippen molar-refractivity contribution in [2.45, 2.75) is 37.5 Å². The van der Waals surface area contributed by atoms with Crippen molar-refractivity contribution in [2.75, 3.05) is 45.9 Å². The number of thiazole rings is 1. The van der Waals surface area contributed by atoms with Crippen LogP contribution in [0.15, 0.2) is 76.4 Å². The number of benzene rings is 3. The molecule has 1 unspecified atom stereocenters. The van der Waals surface area contributed by atoms with E-state index < -0.39 is 11.7 Å².